The predicted molar refractivity (Wildman–Crippen MR) is 77.5 cm³/mol. The Hall–Kier alpha value is -1.51. The Morgan fingerprint density at radius 1 is 1.06 bits per heavy atom. The lowest BCUT2D eigenvalue weighted by Crippen LogP contribution is -1.93. The molecule has 0 amide bonds. The first-order chi connectivity index (χ1) is 8.60. The number of hydrogen-bond acceptors (Lipinski definition) is 3. The monoisotopic (exact) mass is 366 g/mol. The quantitative estimate of drug-likeness (QED) is 0.797. The van der Waals surface area contributed by atoms with E-state index in [9.17, 15) is 0 Å². The number of nitrogens with two attached hydrogens (primary N) is 1. The molecule has 5 heteroatoms. The zero-order chi connectivity index (χ0) is 13.1. The van der Waals surface area contributed by atoms with Crippen LogP contribution in [0.4, 0.5) is 5.69 Å². The van der Waals surface area contributed by atoms with Crippen LogP contribution in [0.3, 0.4) is 0 Å². The summed E-state index contributed by atoms with van der Waals surface area (Å²) in [5.41, 5.74) is 6.77. The average molecular weight is 368 g/mol. The molecule has 0 aliphatic rings. The van der Waals surface area contributed by atoms with Gasteiger partial charge in [0.15, 0.2) is 0 Å². The Labute approximate surface area is 121 Å². The van der Waals surface area contributed by atoms with Crippen molar-refractivity contribution in [3.8, 4) is 17.6 Å². The molecular weight excluding hydrogens is 360 g/mol. The van der Waals surface area contributed by atoms with Gasteiger partial charge in [-0.2, -0.15) is 5.26 Å². The summed E-state index contributed by atoms with van der Waals surface area (Å²) in [6.07, 6.45) is 0. The molecule has 2 aromatic carbocycles. The molecule has 0 heterocycles. The van der Waals surface area contributed by atoms with Crippen LogP contribution in [-0.4, -0.2) is 0 Å². The summed E-state index contributed by atoms with van der Waals surface area (Å²) in [5, 5.41) is 8.76. The Balaban J connectivity index is 2.32. The van der Waals surface area contributed by atoms with Crippen LogP contribution in [0, 0.1) is 11.3 Å². The fraction of sp³-hybridized carbons (Fsp3) is 0. The summed E-state index contributed by atoms with van der Waals surface area (Å²) < 4.78 is 7.47. The number of ether oxygens (including phenoxy) is 1. The van der Waals surface area contributed by atoms with Gasteiger partial charge in [-0.15, -0.1) is 0 Å². The van der Waals surface area contributed by atoms with Gasteiger partial charge in [0, 0.05) is 4.47 Å². The zero-order valence-electron chi connectivity index (χ0n) is 9.15. The van der Waals surface area contributed by atoms with Gasteiger partial charge in [-0.1, -0.05) is 15.9 Å². The molecule has 2 aromatic rings. The molecule has 90 valence electrons. The van der Waals surface area contributed by atoms with Crippen LogP contribution < -0.4 is 10.5 Å². The summed E-state index contributed by atoms with van der Waals surface area (Å²) >= 11 is 6.78. The van der Waals surface area contributed by atoms with Crippen molar-refractivity contribution in [3.63, 3.8) is 0 Å². The maximum absolute atomic E-state index is 8.76. The molecule has 0 radical (unpaired) electrons. The van der Waals surface area contributed by atoms with Gasteiger partial charge in [0.1, 0.15) is 11.5 Å². The van der Waals surface area contributed by atoms with Crippen LogP contribution >= 0.6 is 31.9 Å². The molecule has 2 rings (SSSR count). The second kappa shape index (κ2) is 5.42. The van der Waals surface area contributed by atoms with Crippen molar-refractivity contribution in [3.05, 3.63) is 50.9 Å². The molecule has 0 fully saturated rings. The minimum atomic E-state index is 0.434. The van der Waals surface area contributed by atoms with E-state index in [1.54, 1.807) is 18.2 Å². The SMILES string of the molecule is N#Cc1ccc(Oc2ccc(Br)cc2Br)c(N)c1. The fourth-order valence-electron chi connectivity index (χ4n) is 1.39. The van der Waals surface area contributed by atoms with E-state index in [0.29, 0.717) is 22.7 Å². The van der Waals surface area contributed by atoms with E-state index in [1.165, 1.54) is 0 Å². The van der Waals surface area contributed by atoms with Crippen molar-refractivity contribution in [1.29, 1.82) is 5.26 Å². The van der Waals surface area contributed by atoms with E-state index in [1.807, 2.05) is 24.3 Å². The van der Waals surface area contributed by atoms with Crippen LogP contribution in [0.2, 0.25) is 0 Å². The number of nitriles is 1. The smallest absolute Gasteiger partial charge is 0.150 e. The number of nitrogens with zero attached hydrogens (tertiary/aromatic N) is 1. The standard InChI is InChI=1S/C13H8Br2N2O/c14-9-2-4-12(10(15)6-9)18-13-3-1-8(7-16)5-11(13)17/h1-6H,17H2. The Bertz CT molecular complexity index is 635. The molecule has 3 nitrogen and oxygen atoms in total. The van der Waals surface area contributed by atoms with E-state index >= 15 is 0 Å². The number of halogens is 2. The first kappa shape index (κ1) is 12.9. The van der Waals surface area contributed by atoms with Crippen LogP contribution in [0.15, 0.2) is 45.3 Å². The largest absolute Gasteiger partial charge is 0.454 e. The summed E-state index contributed by atoms with van der Waals surface area (Å²) in [7, 11) is 0. The molecule has 2 N–H and O–H groups in total. The third-order valence-corrected chi connectivity index (χ3v) is 3.37. The van der Waals surface area contributed by atoms with Crippen LogP contribution in [-0.2, 0) is 0 Å². The molecule has 0 aliphatic heterocycles. The highest BCUT2D eigenvalue weighted by molar-refractivity contribution is 9.11. The van der Waals surface area contributed by atoms with Gasteiger partial charge in [-0.05, 0) is 52.3 Å². The summed E-state index contributed by atoms with van der Waals surface area (Å²) in [6.45, 7) is 0. The third kappa shape index (κ3) is 2.84. The summed E-state index contributed by atoms with van der Waals surface area (Å²) in [6, 6.07) is 12.5. The molecule has 18 heavy (non-hydrogen) atoms. The van der Waals surface area contributed by atoms with Gasteiger partial charge in [0.05, 0.1) is 21.8 Å². The Morgan fingerprint density at radius 2 is 1.78 bits per heavy atom. The molecule has 0 spiro atoms. The Kier molecular flexibility index (Phi) is 3.90. The van der Waals surface area contributed by atoms with Crippen LogP contribution in [0.25, 0.3) is 0 Å². The first-order valence-electron chi connectivity index (χ1n) is 5.02. The van der Waals surface area contributed by atoms with E-state index in [4.69, 9.17) is 15.7 Å². The van der Waals surface area contributed by atoms with E-state index < -0.39 is 0 Å². The number of rotatable bonds is 2. The van der Waals surface area contributed by atoms with Gasteiger partial charge in [0.2, 0.25) is 0 Å². The topological polar surface area (TPSA) is 59.0 Å². The maximum Gasteiger partial charge on any atom is 0.150 e. The molecule has 0 bridgehead atoms. The molecule has 0 unspecified atom stereocenters. The van der Waals surface area contributed by atoms with Crippen molar-refractivity contribution in [1.82, 2.24) is 0 Å². The lowest BCUT2D eigenvalue weighted by Gasteiger charge is -2.10. The fourth-order valence-corrected chi connectivity index (χ4v) is 2.52. The number of hydrogen-bond donors (Lipinski definition) is 1. The highest BCUT2D eigenvalue weighted by atomic mass is 79.9. The van der Waals surface area contributed by atoms with Gasteiger partial charge >= 0.3 is 0 Å². The molecular formula is C13H8Br2N2O. The van der Waals surface area contributed by atoms with Crippen molar-refractivity contribution in [2.75, 3.05) is 5.73 Å². The molecule has 0 aromatic heterocycles. The minimum absolute atomic E-state index is 0.434. The van der Waals surface area contributed by atoms with Crippen LogP contribution in [0.5, 0.6) is 11.5 Å². The number of nitrogen functional groups attached to an aromatic ring is 1. The van der Waals surface area contributed by atoms with Crippen LogP contribution in [0.1, 0.15) is 5.56 Å². The normalized spacial score (nSPS) is 9.83. The van der Waals surface area contributed by atoms with E-state index in [0.717, 1.165) is 8.95 Å². The highest BCUT2D eigenvalue weighted by Crippen LogP contribution is 2.34. The van der Waals surface area contributed by atoms with Crippen molar-refractivity contribution in [2.24, 2.45) is 0 Å². The molecule has 0 saturated carbocycles. The second-order valence-electron chi connectivity index (χ2n) is 3.54. The second-order valence-corrected chi connectivity index (χ2v) is 5.31. The lowest BCUT2D eigenvalue weighted by molar-refractivity contribution is 0.482. The predicted octanol–water partition coefficient (Wildman–Crippen LogP) is 4.46. The zero-order valence-corrected chi connectivity index (χ0v) is 12.3. The summed E-state index contributed by atoms with van der Waals surface area (Å²) in [5.74, 6) is 1.19. The molecule has 0 aliphatic carbocycles. The van der Waals surface area contributed by atoms with E-state index in [-0.39, 0.29) is 0 Å². The van der Waals surface area contributed by atoms with Crippen molar-refractivity contribution in [2.45, 2.75) is 0 Å². The van der Waals surface area contributed by atoms with Gasteiger partial charge in [-0.3, -0.25) is 0 Å². The third-order valence-electron chi connectivity index (χ3n) is 2.25. The Morgan fingerprint density at radius 3 is 2.39 bits per heavy atom. The van der Waals surface area contributed by atoms with Crippen molar-refractivity contribution < 1.29 is 4.74 Å². The average Bonchev–Trinajstić information content (AvgIpc) is 2.34. The lowest BCUT2D eigenvalue weighted by atomic mass is 10.2. The minimum Gasteiger partial charge on any atom is -0.454 e. The van der Waals surface area contributed by atoms with Crippen molar-refractivity contribution >= 4 is 37.5 Å². The molecule has 0 atom stereocenters. The number of benzene rings is 2. The van der Waals surface area contributed by atoms with Gasteiger partial charge < -0.3 is 10.5 Å². The van der Waals surface area contributed by atoms with Gasteiger partial charge in [0.25, 0.3) is 0 Å². The van der Waals surface area contributed by atoms with E-state index in [2.05, 4.69) is 31.9 Å². The number of anilines is 1. The summed E-state index contributed by atoms with van der Waals surface area (Å²) in [4.78, 5) is 0. The molecule has 0 saturated heterocycles. The van der Waals surface area contributed by atoms with Gasteiger partial charge in [-0.25, -0.2) is 0 Å². The first-order valence-corrected chi connectivity index (χ1v) is 6.61. The highest BCUT2D eigenvalue weighted by Gasteiger charge is 2.06. The maximum atomic E-state index is 8.76.